The molecule has 0 amide bonds. The molecule has 10 heteroatoms. The molecule has 0 saturated heterocycles. The maximum atomic E-state index is 14.2. The van der Waals surface area contributed by atoms with Crippen LogP contribution in [0, 0.1) is 11.6 Å². The maximum absolute atomic E-state index is 14.2. The van der Waals surface area contributed by atoms with E-state index in [0.717, 1.165) is 24.6 Å². The van der Waals surface area contributed by atoms with Crippen molar-refractivity contribution >= 4 is 22.7 Å². The number of rotatable bonds is 5. The average Bonchev–Trinajstić information content (AvgIpc) is 3.43. The van der Waals surface area contributed by atoms with E-state index in [1.807, 2.05) is 6.92 Å². The van der Waals surface area contributed by atoms with E-state index in [0.29, 0.717) is 40.8 Å². The van der Waals surface area contributed by atoms with Crippen LogP contribution in [0.2, 0.25) is 0 Å². The summed E-state index contributed by atoms with van der Waals surface area (Å²) in [5.74, 6) is -0.472. The fourth-order valence-corrected chi connectivity index (χ4v) is 4.21. The Balaban J connectivity index is 1.59. The van der Waals surface area contributed by atoms with Crippen LogP contribution in [-0.4, -0.2) is 42.0 Å². The highest BCUT2D eigenvalue weighted by Crippen LogP contribution is 2.32. The summed E-state index contributed by atoms with van der Waals surface area (Å²) >= 11 is 0. The quantitative estimate of drug-likeness (QED) is 0.424. The van der Waals surface area contributed by atoms with Crippen molar-refractivity contribution in [1.82, 2.24) is 24.7 Å². The van der Waals surface area contributed by atoms with Gasteiger partial charge in [0.05, 0.1) is 18.0 Å². The Hall–Kier alpha value is -3.66. The summed E-state index contributed by atoms with van der Waals surface area (Å²) in [5, 5.41) is 17.5. The zero-order valence-electron chi connectivity index (χ0n) is 18.0. The predicted molar refractivity (Wildman–Crippen MR) is 121 cm³/mol. The maximum Gasteiger partial charge on any atom is 0.151 e. The van der Waals surface area contributed by atoms with Crippen LogP contribution in [0.1, 0.15) is 31.9 Å². The highest BCUT2D eigenvalue weighted by molar-refractivity contribution is 5.96. The fourth-order valence-electron chi connectivity index (χ4n) is 4.21. The predicted octanol–water partition coefficient (Wildman–Crippen LogP) is 3.63. The number of halogens is 2. The van der Waals surface area contributed by atoms with Crippen molar-refractivity contribution in [3.8, 4) is 16.8 Å². The number of hydrogen-bond donors (Lipinski definition) is 3. The number of fused-ring (bicyclic) bond motifs is 1. The lowest BCUT2D eigenvalue weighted by molar-refractivity contribution is 0.182. The van der Waals surface area contributed by atoms with E-state index < -0.39 is 11.6 Å². The number of nitrogens with zero attached hydrogens (tertiary/aromatic N) is 5. The molecule has 0 bridgehead atoms. The van der Waals surface area contributed by atoms with Crippen LogP contribution in [0.3, 0.4) is 0 Å². The molecule has 2 atom stereocenters. The van der Waals surface area contributed by atoms with Gasteiger partial charge in [-0.1, -0.05) is 6.92 Å². The first-order chi connectivity index (χ1) is 15.9. The molecule has 33 heavy (non-hydrogen) atoms. The van der Waals surface area contributed by atoms with Crippen LogP contribution in [0.15, 0.2) is 36.8 Å². The van der Waals surface area contributed by atoms with Crippen LogP contribution in [0.5, 0.6) is 0 Å². The molecule has 0 unspecified atom stereocenters. The van der Waals surface area contributed by atoms with Gasteiger partial charge in [0.1, 0.15) is 28.4 Å². The van der Waals surface area contributed by atoms with Crippen molar-refractivity contribution in [2.75, 3.05) is 11.1 Å². The standard InChI is InChI=1S/C23H23F2N7O/c1-2-18-23(29-14-4-5-15(33)8-14)31-20-16(10-27-22(26)21(20)30-18)12-9-28-32(11-12)19-6-3-13(24)7-17(19)25/h3,6-7,9-11,14-15,33H,2,4-5,8H2,1H3,(H2,26,27)(H,29,31)/t14-,15+/m1/s1. The van der Waals surface area contributed by atoms with E-state index in [1.54, 1.807) is 18.6 Å². The number of aryl methyl sites for hydroxylation is 1. The molecule has 1 saturated carbocycles. The molecule has 1 aliphatic rings. The topological polar surface area (TPSA) is 115 Å². The SMILES string of the molecule is CCc1nc2c(N)ncc(-c3cnn(-c4ccc(F)cc4F)c3)c2nc1N[C@@H]1CC[C@H](O)C1. The van der Waals surface area contributed by atoms with Gasteiger partial charge in [-0.15, -0.1) is 0 Å². The second kappa shape index (κ2) is 8.36. The molecule has 0 spiro atoms. The van der Waals surface area contributed by atoms with E-state index in [1.165, 1.54) is 16.8 Å². The molecule has 1 aromatic carbocycles. The Bertz CT molecular complexity index is 1340. The Labute approximate surface area is 188 Å². The second-order valence-electron chi connectivity index (χ2n) is 8.20. The van der Waals surface area contributed by atoms with Crippen molar-refractivity contribution in [2.24, 2.45) is 0 Å². The van der Waals surface area contributed by atoms with Gasteiger partial charge in [0.15, 0.2) is 11.6 Å². The van der Waals surface area contributed by atoms with Gasteiger partial charge in [-0.25, -0.2) is 28.4 Å². The molecule has 1 aliphatic carbocycles. The first-order valence-electron chi connectivity index (χ1n) is 10.8. The molecular weight excluding hydrogens is 428 g/mol. The molecular formula is C23H23F2N7O. The number of nitrogens with two attached hydrogens (primary N) is 1. The molecule has 0 aliphatic heterocycles. The molecule has 3 aromatic heterocycles. The third-order valence-electron chi connectivity index (χ3n) is 5.93. The highest BCUT2D eigenvalue weighted by Gasteiger charge is 2.24. The summed E-state index contributed by atoms with van der Waals surface area (Å²) in [5.41, 5.74) is 9.29. The van der Waals surface area contributed by atoms with Gasteiger partial charge >= 0.3 is 0 Å². The molecule has 5 rings (SSSR count). The lowest BCUT2D eigenvalue weighted by Gasteiger charge is -2.17. The van der Waals surface area contributed by atoms with Crippen molar-refractivity contribution in [2.45, 2.75) is 44.8 Å². The van der Waals surface area contributed by atoms with E-state index in [9.17, 15) is 13.9 Å². The molecule has 8 nitrogen and oxygen atoms in total. The largest absolute Gasteiger partial charge is 0.393 e. The summed E-state index contributed by atoms with van der Waals surface area (Å²) in [6, 6.07) is 3.43. The van der Waals surface area contributed by atoms with Crippen LogP contribution in [0.4, 0.5) is 20.4 Å². The van der Waals surface area contributed by atoms with Gasteiger partial charge in [0, 0.05) is 35.6 Å². The van der Waals surface area contributed by atoms with Crippen molar-refractivity contribution in [3.05, 3.63) is 54.1 Å². The molecule has 4 aromatic rings. The van der Waals surface area contributed by atoms with E-state index in [4.69, 9.17) is 15.7 Å². The van der Waals surface area contributed by atoms with E-state index >= 15 is 0 Å². The van der Waals surface area contributed by atoms with Crippen molar-refractivity contribution in [3.63, 3.8) is 0 Å². The minimum atomic E-state index is -0.720. The third kappa shape index (κ3) is 3.97. The molecule has 1 fully saturated rings. The third-order valence-corrected chi connectivity index (χ3v) is 5.93. The van der Waals surface area contributed by atoms with E-state index in [-0.39, 0.29) is 23.7 Å². The van der Waals surface area contributed by atoms with Gasteiger partial charge in [-0.2, -0.15) is 5.10 Å². The first kappa shape index (κ1) is 21.2. The number of aliphatic hydroxyl groups is 1. The summed E-state index contributed by atoms with van der Waals surface area (Å²) < 4.78 is 28.9. The Morgan fingerprint density at radius 3 is 2.76 bits per heavy atom. The van der Waals surface area contributed by atoms with Gasteiger partial charge in [0.2, 0.25) is 0 Å². The van der Waals surface area contributed by atoms with Gasteiger partial charge < -0.3 is 16.2 Å². The Morgan fingerprint density at radius 2 is 2.03 bits per heavy atom. The minimum absolute atomic E-state index is 0.115. The normalized spacial score (nSPS) is 18.2. The number of nitrogens with one attached hydrogen (secondary N) is 1. The summed E-state index contributed by atoms with van der Waals surface area (Å²) in [4.78, 5) is 13.8. The number of hydrogen-bond acceptors (Lipinski definition) is 7. The van der Waals surface area contributed by atoms with Gasteiger partial charge in [-0.05, 0) is 37.8 Å². The van der Waals surface area contributed by atoms with Gasteiger partial charge in [-0.3, -0.25) is 0 Å². The molecule has 3 heterocycles. The minimum Gasteiger partial charge on any atom is -0.393 e. The highest BCUT2D eigenvalue weighted by atomic mass is 19.1. The smallest absolute Gasteiger partial charge is 0.151 e. The molecule has 4 N–H and O–H groups in total. The van der Waals surface area contributed by atoms with Gasteiger partial charge in [0.25, 0.3) is 0 Å². The number of aromatic nitrogens is 5. The van der Waals surface area contributed by atoms with E-state index in [2.05, 4.69) is 15.4 Å². The average molecular weight is 451 g/mol. The van der Waals surface area contributed by atoms with Crippen molar-refractivity contribution in [1.29, 1.82) is 0 Å². The first-order valence-corrected chi connectivity index (χ1v) is 10.8. The number of benzene rings is 1. The fraction of sp³-hybridized carbons (Fsp3) is 0.304. The Kier molecular flexibility index (Phi) is 5.37. The summed E-state index contributed by atoms with van der Waals surface area (Å²) in [6.07, 6.45) is 7.37. The summed E-state index contributed by atoms with van der Waals surface area (Å²) in [6.45, 7) is 1.99. The molecule has 0 radical (unpaired) electrons. The van der Waals surface area contributed by atoms with Crippen LogP contribution in [0.25, 0.3) is 27.8 Å². The number of aliphatic hydroxyl groups excluding tert-OH is 1. The van der Waals surface area contributed by atoms with Crippen LogP contribution < -0.4 is 11.1 Å². The zero-order valence-corrected chi connectivity index (χ0v) is 18.0. The van der Waals surface area contributed by atoms with Crippen LogP contribution in [-0.2, 0) is 6.42 Å². The van der Waals surface area contributed by atoms with Crippen molar-refractivity contribution < 1.29 is 13.9 Å². The second-order valence-corrected chi connectivity index (χ2v) is 8.20. The lowest BCUT2D eigenvalue weighted by Crippen LogP contribution is -2.19. The number of anilines is 2. The number of nitrogen functional groups attached to an aromatic ring is 1. The monoisotopic (exact) mass is 451 g/mol. The summed E-state index contributed by atoms with van der Waals surface area (Å²) in [7, 11) is 0. The molecule has 170 valence electrons. The zero-order chi connectivity index (χ0) is 23.1. The number of pyridine rings is 1. The Morgan fingerprint density at radius 1 is 1.18 bits per heavy atom. The van der Waals surface area contributed by atoms with Crippen LogP contribution >= 0.6 is 0 Å². The lowest BCUT2D eigenvalue weighted by atomic mass is 10.1.